The van der Waals surface area contributed by atoms with Crippen LogP contribution in [0.15, 0.2) is 0 Å². The van der Waals surface area contributed by atoms with E-state index in [1.54, 1.807) is 27.7 Å². The Morgan fingerprint density at radius 1 is 0.629 bits per heavy atom. The van der Waals surface area contributed by atoms with Crippen LogP contribution in [0.5, 0.6) is 0 Å². The van der Waals surface area contributed by atoms with Crippen molar-refractivity contribution in [2.45, 2.75) is 77.5 Å². The minimum absolute atomic E-state index is 0.00524. The van der Waals surface area contributed by atoms with Gasteiger partial charge in [-0.05, 0) is 81.1 Å². The molecule has 202 valence electrons. The maximum atomic E-state index is 12.3. The van der Waals surface area contributed by atoms with Crippen molar-refractivity contribution in [3.8, 4) is 0 Å². The van der Waals surface area contributed by atoms with Gasteiger partial charge in [-0.3, -0.25) is 29.1 Å². The van der Waals surface area contributed by atoms with Gasteiger partial charge in [-0.2, -0.15) is 0 Å². The molecule has 1 aliphatic rings. The first-order valence-corrected chi connectivity index (χ1v) is 18.3. The summed E-state index contributed by atoms with van der Waals surface area (Å²) in [5.74, 6) is 0.237. The van der Waals surface area contributed by atoms with Gasteiger partial charge in [-0.15, -0.1) is 6.54 Å². The van der Waals surface area contributed by atoms with Crippen LogP contribution in [-0.2, 0) is 33.9 Å². The third-order valence-electron chi connectivity index (χ3n) is 6.49. The fourth-order valence-electron chi connectivity index (χ4n) is 4.42. The summed E-state index contributed by atoms with van der Waals surface area (Å²) in [6, 6.07) is -1.23. The summed E-state index contributed by atoms with van der Waals surface area (Å²) in [6.45, 7) is 8.52. The zero-order chi connectivity index (χ0) is 27.3. The third-order valence-corrected chi connectivity index (χ3v) is 6.49. The second kappa shape index (κ2) is 18.4. The third kappa shape index (κ3) is 14.6. The predicted octanol–water partition coefficient (Wildman–Crippen LogP) is 3.63. The molecule has 0 amide bonds. The Hall–Kier alpha value is 0.104. The summed E-state index contributed by atoms with van der Waals surface area (Å²) in [4.78, 5) is 54.9. The van der Waals surface area contributed by atoms with E-state index in [2.05, 4.69) is 5.32 Å². The van der Waals surface area contributed by atoms with Crippen molar-refractivity contribution in [2.24, 2.45) is 0 Å². The Labute approximate surface area is 228 Å². The normalized spacial score (nSPS) is 26.8. The predicted molar refractivity (Wildman–Crippen MR) is 140 cm³/mol. The molecule has 4 unspecified atom stereocenters. The topological polar surface area (TPSA) is 92.1 Å². The fourth-order valence-corrected chi connectivity index (χ4v) is 4.42. The number of ketones is 4. The number of rotatable bonds is 4. The molecule has 1 rings (SSSR count). The zero-order valence-electron chi connectivity index (χ0n) is 22.0. The molecule has 1 heterocycles. The Kier molecular flexibility index (Phi) is 18.4. The first-order chi connectivity index (χ1) is 16.2. The number of Topliss-reactive ketones (excluding diaryl/α,β-unsaturated/α-hetero) is 4. The number of carbonyl (C=O) groups is 4. The van der Waals surface area contributed by atoms with Crippen LogP contribution < -0.4 is 0 Å². The van der Waals surface area contributed by atoms with Crippen molar-refractivity contribution in [3.05, 3.63) is 5.32 Å². The summed E-state index contributed by atoms with van der Waals surface area (Å²) in [5, 5.41) is 4.58. The number of hydrogen-bond acceptors (Lipinski definition) is 7. The van der Waals surface area contributed by atoms with Crippen molar-refractivity contribution in [1.82, 2.24) is 14.7 Å². The van der Waals surface area contributed by atoms with E-state index in [9.17, 15) is 19.2 Å². The molecule has 4 atom stereocenters. The minimum atomic E-state index is -1.92. The molecule has 0 aromatic rings. The monoisotopic (exact) mass is 590 g/mol. The maximum absolute atomic E-state index is 12.3. The zero-order valence-corrected chi connectivity index (χ0v) is 25.9. The van der Waals surface area contributed by atoms with Crippen LogP contribution in [0.1, 0.15) is 53.4 Å². The van der Waals surface area contributed by atoms with E-state index >= 15 is 0 Å². The summed E-state index contributed by atoms with van der Waals surface area (Å²) in [7, 11) is 20.6. The second-order valence-electron chi connectivity index (χ2n) is 9.22. The van der Waals surface area contributed by atoms with Gasteiger partial charge in [0.25, 0.3) is 0 Å². The molecule has 1 saturated heterocycles. The van der Waals surface area contributed by atoms with Crippen LogP contribution in [0.2, 0.25) is 0 Å². The van der Waals surface area contributed by atoms with Gasteiger partial charge in [-0.1, -0.05) is 6.04 Å². The average molecular weight is 592 g/mol. The van der Waals surface area contributed by atoms with Gasteiger partial charge in [0.2, 0.25) is 0 Å². The number of likely N-dealkylation sites (N-methyl/N-ethyl adjacent to an activating group) is 3. The van der Waals surface area contributed by atoms with E-state index in [-0.39, 0.29) is 41.3 Å². The first-order valence-electron chi connectivity index (χ1n) is 11.8. The van der Waals surface area contributed by atoms with Crippen LogP contribution in [0.4, 0.5) is 0 Å². The van der Waals surface area contributed by atoms with E-state index in [4.69, 9.17) is 27.9 Å². The van der Waals surface area contributed by atoms with Gasteiger partial charge >= 0.3 is 42.6 Å². The van der Waals surface area contributed by atoms with Gasteiger partial charge in [-0.25, -0.2) is 0 Å². The number of carbonyl (C=O) groups excluding carboxylic acids is 4. The summed E-state index contributed by atoms with van der Waals surface area (Å²) >= 11 is -1.92. The number of nitrogens with zero attached hydrogens (tertiary/aromatic N) is 4. The van der Waals surface area contributed by atoms with Crippen molar-refractivity contribution < 1.29 is 33.9 Å². The van der Waals surface area contributed by atoms with Crippen LogP contribution in [0, 0.1) is 0 Å². The molecule has 0 radical (unpaired) electrons. The van der Waals surface area contributed by atoms with E-state index in [0.717, 1.165) is 0 Å². The first kappa shape index (κ1) is 35.1. The fraction of sp³-hybridized carbons (Fsp3) is 0.826. The Morgan fingerprint density at radius 3 is 1.26 bits per heavy atom. The molecular formula is C23H41Cl3N4O4Ti. The van der Waals surface area contributed by atoms with E-state index in [0.29, 0.717) is 51.9 Å². The Bertz CT molecular complexity index is 699. The molecule has 1 aliphatic heterocycles. The van der Waals surface area contributed by atoms with Gasteiger partial charge in [0, 0.05) is 13.1 Å². The average Bonchev–Trinajstić information content (AvgIpc) is 2.71. The molecule has 12 heteroatoms. The summed E-state index contributed by atoms with van der Waals surface area (Å²) < 4.78 is 0. The van der Waals surface area contributed by atoms with Gasteiger partial charge in [0.05, 0.1) is 18.1 Å². The van der Waals surface area contributed by atoms with Crippen molar-refractivity contribution >= 4 is 51.0 Å². The van der Waals surface area contributed by atoms with Crippen LogP contribution in [0.25, 0.3) is 5.32 Å². The molecule has 0 aromatic heterocycles. The summed E-state index contributed by atoms with van der Waals surface area (Å²) in [6.07, 6.45) is 2.31. The van der Waals surface area contributed by atoms with E-state index in [1.165, 1.54) is 0 Å². The van der Waals surface area contributed by atoms with Crippen molar-refractivity contribution in [3.63, 3.8) is 0 Å². The number of hydrogen-bond donors (Lipinski definition) is 0. The van der Waals surface area contributed by atoms with E-state index in [1.807, 2.05) is 35.8 Å². The molecule has 8 nitrogen and oxygen atoms in total. The van der Waals surface area contributed by atoms with Crippen LogP contribution in [-0.4, -0.2) is 109 Å². The molecule has 0 aromatic carbocycles. The van der Waals surface area contributed by atoms with Crippen molar-refractivity contribution in [1.29, 1.82) is 0 Å². The quantitative estimate of drug-likeness (QED) is 0.461. The molecule has 0 spiro atoms. The standard InChI is InChI=1S/C23H41N4O4.3ClH.Ti/c1-16(28)20-9-13-25(5)22(18(3)30)11-15-27(7)23(19(4)31)10-14-26(6)21(17(2)29)8-12-24-20;;;;/h20-23H,8-15H2,1-7H3;3*1H;/q-1;;;;+4/p-3. The molecule has 0 saturated carbocycles. The Morgan fingerprint density at radius 2 is 0.943 bits per heavy atom. The summed E-state index contributed by atoms with van der Waals surface area (Å²) in [5.41, 5.74) is 0. The molecule has 0 aliphatic carbocycles. The molecule has 1 fully saturated rings. The Balaban J connectivity index is 0.00000267. The van der Waals surface area contributed by atoms with E-state index < -0.39 is 20.7 Å². The number of halogens is 3. The SMILES string of the molecule is CC(=O)C1CCN(C)C(C(C)=O)CCN(C)C(C(C)=O)CCN(C)C(C(C)=O)CC[N-]1.[Cl][Ti+]([Cl])[Cl]. The van der Waals surface area contributed by atoms with Gasteiger partial charge in [0.15, 0.2) is 0 Å². The molecular weight excluding hydrogens is 551 g/mol. The van der Waals surface area contributed by atoms with Crippen LogP contribution in [0.3, 0.4) is 0 Å². The second-order valence-corrected chi connectivity index (χ2v) is 17.0. The van der Waals surface area contributed by atoms with Gasteiger partial charge in [0.1, 0.15) is 23.1 Å². The molecule has 0 N–H and O–H groups in total. The molecule has 35 heavy (non-hydrogen) atoms. The van der Waals surface area contributed by atoms with Crippen molar-refractivity contribution in [2.75, 3.05) is 47.3 Å². The van der Waals surface area contributed by atoms with Gasteiger partial charge < -0.3 is 10.1 Å². The molecule has 0 bridgehead atoms. The van der Waals surface area contributed by atoms with Crippen LogP contribution >= 0.6 is 27.9 Å².